The largest absolute Gasteiger partial charge is 1.00 e. The molecule has 3 rings (SSSR count). The van der Waals surface area contributed by atoms with Crippen LogP contribution in [-0.2, 0) is 4.79 Å². The third-order valence-corrected chi connectivity index (χ3v) is 5.00. The third kappa shape index (κ3) is 6.05. The summed E-state index contributed by atoms with van der Waals surface area (Å²) in [4.78, 5) is 10.7. The monoisotopic (exact) mass is 435 g/mol. The third-order valence-electron chi connectivity index (χ3n) is 5.00. The molecule has 160 valence electrons. The first-order chi connectivity index (χ1) is 14.3. The first-order valence-electron chi connectivity index (χ1n) is 9.93. The van der Waals surface area contributed by atoms with Gasteiger partial charge in [-0.1, -0.05) is 36.4 Å². The Labute approximate surface area is 204 Å². The summed E-state index contributed by atoms with van der Waals surface area (Å²) in [5.41, 5.74) is 3.65. The zero-order valence-corrected chi connectivity index (χ0v) is 20.0. The van der Waals surface area contributed by atoms with Crippen LogP contribution >= 0.6 is 0 Å². The fourth-order valence-corrected chi connectivity index (χ4v) is 3.77. The summed E-state index contributed by atoms with van der Waals surface area (Å²) < 4.78 is 15.6. The number of para-hydroxylation sites is 1. The van der Waals surface area contributed by atoms with Crippen molar-refractivity contribution >= 4 is 22.9 Å². The van der Waals surface area contributed by atoms with Crippen molar-refractivity contribution in [1.29, 1.82) is 0 Å². The van der Waals surface area contributed by atoms with Crippen LogP contribution in [-0.4, -0.2) is 38.1 Å². The molecule has 1 heterocycles. The molecule has 2 unspecified atom stereocenters. The molecule has 5 nitrogen and oxygen atoms in total. The summed E-state index contributed by atoms with van der Waals surface area (Å²) in [6.45, 7) is 4.12. The molecule has 0 bridgehead atoms. The molecule has 0 aliphatic rings. The Morgan fingerprint density at radius 3 is 2.39 bits per heavy atom. The molecule has 0 amide bonds. The van der Waals surface area contributed by atoms with Gasteiger partial charge in [-0.25, -0.2) is 4.39 Å². The van der Waals surface area contributed by atoms with Gasteiger partial charge in [0.15, 0.2) is 0 Å². The quantitative estimate of drug-likeness (QED) is 0.471. The van der Waals surface area contributed by atoms with Crippen molar-refractivity contribution in [3.8, 4) is 11.1 Å². The number of aliphatic hydroxyl groups excluding tert-OH is 2. The van der Waals surface area contributed by atoms with Gasteiger partial charge in [-0.15, -0.1) is 0 Å². The van der Waals surface area contributed by atoms with Crippen molar-refractivity contribution in [3.05, 3.63) is 66.1 Å². The van der Waals surface area contributed by atoms with E-state index in [1.807, 2.05) is 24.3 Å². The number of fused-ring (bicyclic) bond motifs is 1. The van der Waals surface area contributed by atoms with E-state index in [-0.39, 0.29) is 49.3 Å². The molecule has 31 heavy (non-hydrogen) atoms. The first kappa shape index (κ1) is 25.3. The average molecular weight is 435 g/mol. The Balaban J connectivity index is 0.00000256. The van der Waals surface area contributed by atoms with Gasteiger partial charge in [-0.3, -0.25) is 4.79 Å². The summed E-state index contributed by atoms with van der Waals surface area (Å²) in [6, 6.07) is 14.4. The van der Waals surface area contributed by atoms with Crippen LogP contribution in [0.1, 0.15) is 39.9 Å². The standard InChI is InChI=1S/C24H26FNO4.Na.H/c1-15(2)26-21-6-4-3-5-20(21)24(16-7-9-17(25)10-8-16)22(26)12-11-18(27)13-19(28)14-23(29)30;;/h3-12,15,18-19,27-28H,13-14H2,1-2H3,(H,29,30);;/q;+1;-1/b12-11+;;. The minimum atomic E-state index is -1.13. The molecule has 2 atom stereocenters. The Hall–Kier alpha value is -1.96. The number of hydrogen-bond acceptors (Lipinski definition) is 3. The van der Waals surface area contributed by atoms with Gasteiger partial charge < -0.3 is 21.3 Å². The predicted octanol–water partition coefficient (Wildman–Crippen LogP) is 1.74. The second-order valence-corrected chi connectivity index (χ2v) is 7.66. The van der Waals surface area contributed by atoms with Gasteiger partial charge in [-0.2, -0.15) is 0 Å². The fourth-order valence-electron chi connectivity index (χ4n) is 3.77. The maximum Gasteiger partial charge on any atom is 1.00 e. The minimum absolute atomic E-state index is 0. The number of benzene rings is 2. The summed E-state index contributed by atoms with van der Waals surface area (Å²) in [5, 5.41) is 29.9. The van der Waals surface area contributed by atoms with E-state index in [1.54, 1.807) is 24.3 Å². The minimum Gasteiger partial charge on any atom is -1.00 e. The maximum atomic E-state index is 13.5. The molecule has 1 aromatic heterocycles. The summed E-state index contributed by atoms with van der Waals surface area (Å²) >= 11 is 0. The van der Waals surface area contributed by atoms with Gasteiger partial charge in [0.1, 0.15) is 5.82 Å². The zero-order chi connectivity index (χ0) is 21.8. The van der Waals surface area contributed by atoms with E-state index >= 15 is 0 Å². The molecule has 2 aromatic carbocycles. The van der Waals surface area contributed by atoms with Gasteiger partial charge >= 0.3 is 35.5 Å². The zero-order valence-electron chi connectivity index (χ0n) is 19.0. The van der Waals surface area contributed by atoms with Crippen LogP contribution in [0.15, 0.2) is 54.6 Å². The molecule has 0 saturated heterocycles. The van der Waals surface area contributed by atoms with Crippen molar-refractivity contribution in [2.45, 2.75) is 44.9 Å². The van der Waals surface area contributed by atoms with Crippen LogP contribution < -0.4 is 29.6 Å². The van der Waals surface area contributed by atoms with Gasteiger partial charge in [0.2, 0.25) is 0 Å². The SMILES string of the molecule is CC(C)n1c(/C=C/C(O)CC(O)CC(=O)O)c(-c2ccc(F)cc2)c2ccccc21.[H-].[Na+]. The van der Waals surface area contributed by atoms with Crippen molar-refractivity contribution in [1.82, 2.24) is 4.57 Å². The van der Waals surface area contributed by atoms with Gasteiger partial charge in [0.05, 0.1) is 18.6 Å². The number of carbonyl (C=O) groups is 1. The number of hydrogen-bond donors (Lipinski definition) is 3. The second-order valence-electron chi connectivity index (χ2n) is 7.66. The van der Waals surface area contributed by atoms with E-state index < -0.39 is 24.6 Å². The Morgan fingerprint density at radius 1 is 1.13 bits per heavy atom. The molecule has 0 saturated carbocycles. The molecule has 3 aromatic rings. The van der Waals surface area contributed by atoms with Crippen LogP contribution in [0.5, 0.6) is 0 Å². The fraction of sp³-hybridized carbons (Fsp3) is 0.292. The van der Waals surface area contributed by atoms with E-state index in [9.17, 15) is 19.4 Å². The molecule has 0 aliphatic heterocycles. The number of halogens is 1. The number of aromatic nitrogens is 1. The van der Waals surface area contributed by atoms with Crippen molar-refractivity contribution in [2.24, 2.45) is 0 Å². The van der Waals surface area contributed by atoms with Crippen LogP contribution in [0.3, 0.4) is 0 Å². The van der Waals surface area contributed by atoms with Crippen LogP contribution in [0.2, 0.25) is 0 Å². The van der Waals surface area contributed by atoms with Gasteiger partial charge in [0.25, 0.3) is 0 Å². The molecule has 7 heteroatoms. The molecule has 0 radical (unpaired) electrons. The average Bonchev–Trinajstić information content (AvgIpc) is 3.00. The number of nitrogens with zero attached hydrogens (tertiary/aromatic N) is 1. The van der Waals surface area contributed by atoms with E-state index in [4.69, 9.17) is 5.11 Å². The number of aliphatic carboxylic acids is 1. The van der Waals surface area contributed by atoms with Crippen LogP contribution in [0.25, 0.3) is 28.1 Å². The van der Waals surface area contributed by atoms with Gasteiger partial charge in [-0.05, 0) is 43.7 Å². The van der Waals surface area contributed by atoms with Crippen molar-refractivity contribution < 1.29 is 55.5 Å². The molecule has 0 spiro atoms. The normalized spacial score (nSPS) is 13.5. The van der Waals surface area contributed by atoms with E-state index in [1.165, 1.54) is 12.1 Å². The summed E-state index contributed by atoms with van der Waals surface area (Å²) in [6.07, 6.45) is 0.727. The molecular weight excluding hydrogens is 408 g/mol. The molecular formula is C24H27FNNaO4. The topological polar surface area (TPSA) is 82.7 Å². The second kappa shape index (κ2) is 11.1. The number of carboxylic acid groups (broad SMARTS) is 1. The molecule has 0 aliphatic carbocycles. The van der Waals surface area contributed by atoms with Gasteiger partial charge in [0, 0.05) is 34.6 Å². The Kier molecular flexibility index (Phi) is 9.03. The Morgan fingerprint density at radius 2 is 1.77 bits per heavy atom. The first-order valence-corrected chi connectivity index (χ1v) is 9.93. The molecule has 0 fully saturated rings. The van der Waals surface area contributed by atoms with E-state index in [2.05, 4.69) is 18.4 Å². The van der Waals surface area contributed by atoms with Crippen LogP contribution in [0, 0.1) is 5.82 Å². The molecule has 3 N–H and O–H groups in total. The van der Waals surface area contributed by atoms with Crippen molar-refractivity contribution in [2.75, 3.05) is 0 Å². The number of aliphatic hydroxyl groups is 2. The number of carboxylic acids is 1. The predicted molar refractivity (Wildman–Crippen MR) is 117 cm³/mol. The summed E-state index contributed by atoms with van der Waals surface area (Å²) in [5.74, 6) is -1.43. The van der Waals surface area contributed by atoms with E-state index in [0.717, 1.165) is 27.7 Å². The smallest absolute Gasteiger partial charge is 1.00 e. The van der Waals surface area contributed by atoms with Crippen molar-refractivity contribution in [3.63, 3.8) is 0 Å². The van der Waals surface area contributed by atoms with E-state index in [0.29, 0.717) is 0 Å². The summed E-state index contributed by atoms with van der Waals surface area (Å²) in [7, 11) is 0. The van der Waals surface area contributed by atoms with Crippen LogP contribution in [0.4, 0.5) is 4.39 Å². The maximum absolute atomic E-state index is 13.5. The number of rotatable bonds is 8. The Bertz CT molecular complexity index is 1070.